The molecule has 0 fully saturated rings. The highest BCUT2D eigenvalue weighted by Gasteiger charge is 2.46. The van der Waals surface area contributed by atoms with Gasteiger partial charge < -0.3 is 9.47 Å². The minimum atomic E-state index is -1.42. The van der Waals surface area contributed by atoms with E-state index in [1.54, 1.807) is 58.0 Å². The van der Waals surface area contributed by atoms with Gasteiger partial charge in [0.2, 0.25) is 0 Å². The monoisotopic (exact) mass is 350 g/mol. The molecule has 0 saturated carbocycles. The third-order valence-electron chi connectivity index (χ3n) is 3.79. The summed E-state index contributed by atoms with van der Waals surface area (Å²) in [5.41, 5.74) is 4.24. The van der Waals surface area contributed by atoms with Crippen molar-refractivity contribution in [1.29, 1.82) is 0 Å². The van der Waals surface area contributed by atoms with E-state index in [0.29, 0.717) is 5.56 Å². The second-order valence-corrected chi connectivity index (χ2v) is 5.77. The maximum absolute atomic E-state index is 12.6. The van der Waals surface area contributed by atoms with Crippen LogP contribution >= 0.6 is 0 Å². The molecule has 1 amide bonds. The van der Waals surface area contributed by atoms with Gasteiger partial charge in [0, 0.05) is 5.56 Å². The Labute approximate surface area is 148 Å². The predicted molar refractivity (Wildman–Crippen MR) is 92.5 cm³/mol. The Morgan fingerprint density at radius 1 is 1.04 bits per heavy atom. The van der Waals surface area contributed by atoms with Gasteiger partial charge in [-0.3, -0.25) is 15.0 Å². The molecule has 1 unspecified atom stereocenters. The molecule has 25 heavy (non-hydrogen) atoms. The summed E-state index contributed by atoms with van der Waals surface area (Å²) in [6.07, 6.45) is -0.258. The van der Waals surface area contributed by atoms with Gasteiger partial charge in [-0.05, 0) is 31.9 Å². The van der Waals surface area contributed by atoms with Crippen molar-refractivity contribution < 1.29 is 23.9 Å². The smallest absolute Gasteiger partial charge is 0.328 e. The number of carbonyl (C=O) groups is 3. The second-order valence-electron chi connectivity index (χ2n) is 5.77. The number of carbonyl (C=O) groups excluding carboxylic acids is 3. The molecule has 0 bridgehead atoms. The Hall–Kier alpha value is -2.41. The Kier molecular flexibility index (Phi) is 8.07. The lowest BCUT2D eigenvalue weighted by Gasteiger charge is -2.35. The molecule has 0 spiro atoms. The van der Waals surface area contributed by atoms with E-state index in [1.807, 2.05) is 0 Å². The summed E-state index contributed by atoms with van der Waals surface area (Å²) < 4.78 is 10.1. The van der Waals surface area contributed by atoms with E-state index in [0.717, 1.165) is 0 Å². The molecule has 0 aliphatic heterocycles. The van der Waals surface area contributed by atoms with Crippen LogP contribution in [0.1, 0.15) is 44.5 Å². The summed E-state index contributed by atoms with van der Waals surface area (Å²) in [6.45, 7) is 7.24. The molecule has 1 atom stereocenters. The number of hydrogen-bond donors (Lipinski definition) is 2. The largest absolute Gasteiger partial charge is 0.466 e. The van der Waals surface area contributed by atoms with E-state index in [4.69, 9.17) is 9.47 Å². The fourth-order valence-electron chi connectivity index (χ4n) is 2.28. The van der Waals surface area contributed by atoms with Crippen molar-refractivity contribution in [2.75, 3.05) is 13.2 Å². The Morgan fingerprint density at radius 2 is 1.64 bits per heavy atom. The van der Waals surface area contributed by atoms with Gasteiger partial charge in [-0.1, -0.05) is 32.0 Å². The average molecular weight is 350 g/mol. The molecule has 0 aromatic heterocycles. The standard InChI is InChI=1S/C18H26N2O5/c1-5-24-15(21)12-18(13(3)4,17(23)25-6-2)20-19-16(22)14-10-8-7-9-11-14/h7-11,13,20H,5-6,12H2,1-4H3,(H,19,22). The third kappa shape index (κ3) is 5.56. The van der Waals surface area contributed by atoms with Crippen molar-refractivity contribution in [3.63, 3.8) is 0 Å². The van der Waals surface area contributed by atoms with Crippen molar-refractivity contribution in [3.05, 3.63) is 35.9 Å². The Morgan fingerprint density at radius 3 is 2.16 bits per heavy atom. The number of ether oxygens (including phenoxy) is 2. The van der Waals surface area contributed by atoms with Crippen LogP contribution in [-0.4, -0.2) is 36.6 Å². The summed E-state index contributed by atoms with van der Waals surface area (Å²) in [4.78, 5) is 36.8. The van der Waals surface area contributed by atoms with Gasteiger partial charge in [0.05, 0.1) is 19.6 Å². The second kappa shape index (κ2) is 9.78. The third-order valence-corrected chi connectivity index (χ3v) is 3.79. The fraction of sp³-hybridized carbons (Fsp3) is 0.500. The van der Waals surface area contributed by atoms with Crippen LogP contribution in [0.4, 0.5) is 0 Å². The van der Waals surface area contributed by atoms with Crippen molar-refractivity contribution in [2.24, 2.45) is 5.92 Å². The van der Waals surface area contributed by atoms with Crippen LogP contribution < -0.4 is 10.9 Å². The molecule has 0 saturated heterocycles. The fourth-order valence-corrected chi connectivity index (χ4v) is 2.28. The molecule has 0 aliphatic rings. The number of amides is 1. The van der Waals surface area contributed by atoms with Gasteiger partial charge in [0.25, 0.3) is 5.91 Å². The quantitative estimate of drug-likeness (QED) is 0.521. The lowest BCUT2D eigenvalue weighted by molar-refractivity contribution is -0.160. The number of benzene rings is 1. The first kappa shape index (κ1) is 20.6. The first-order valence-corrected chi connectivity index (χ1v) is 8.32. The first-order valence-electron chi connectivity index (χ1n) is 8.32. The molecule has 0 radical (unpaired) electrons. The average Bonchev–Trinajstić information content (AvgIpc) is 2.59. The zero-order chi connectivity index (χ0) is 18.9. The summed E-state index contributed by atoms with van der Waals surface area (Å²) in [7, 11) is 0. The van der Waals surface area contributed by atoms with Crippen LogP contribution in [-0.2, 0) is 19.1 Å². The van der Waals surface area contributed by atoms with Crippen LogP contribution in [0.3, 0.4) is 0 Å². The summed E-state index contributed by atoms with van der Waals surface area (Å²) in [5, 5.41) is 0. The Bertz CT molecular complexity index is 588. The highest BCUT2D eigenvalue weighted by Crippen LogP contribution is 2.24. The van der Waals surface area contributed by atoms with E-state index in [1.165, 1.54) is 0 Å². The van der Waals surface area contributed by atoms with Gasteiger partial charge in [0.15, 0.2) is 0 Å². The van der Waals surface area contributed by atoms with Gasteiger partial charge in [0.1, 0.15) is 5.54 Å². The van der Waals surface area contributed by atoms with Crippen LogP contribution in [0.15, 0.2) is 30.3 Å². The number of esters is 2. The van der Waals surface area contributed by atoms with Crippen LogP contribution in [0.2, 0.25) is 0 Å². The van der Waals surface area contributed by atoms with Crippen LogP contribution in [0, 0.1) is 5.92 Å². The summed E-state index contributed by atoms with van der Waals surface area (Å²) in [6, 6.07) is 8.54. The number of nitrogens with one attached hydrogen (secondary N) is 2. The SMILES string of the molecule is CCOC(=O)CC(NNC(=O)c1ccccc1)(C(=O)OCC)C(C)C. The van der Waals surface area contributed by atoms with Gasteiger partial charge in [-0.2, -0.15) is 0 Å². The lowest BCUT2D eigenvalue weighted by Crippen LogP contribution is -2.63. The Balaban J connectivity index is 3.01. The molecule has 2 N–H and O–H groups in total. The molecule has 138 valence electrons. The summed E-state index contributed by atoms with van der Waals surface area (Å²) >= 11 is 0. The van der Waals surface area contributed by atoms with Crippen molar-refractivity contribution in [3.8, 4) is 0 Å². The molecule has 0 heterocycles. The van der Waals surface area contributed by atoms with E-state index < -0.39 is 23.4 Å². The zero-order valence-corrected chi connectivity index (χ0v) is 15.1. The van der Waals surface area contributed by atoms with E-state index >= 15 is 0 Å². The lowest BCUT2D eigenvalue weighted by atomic mass is 9.83. The topological polar surface area (TPSA) is 93.7 Å². The molecule has 1 aromatic carbocycles. The number of hydrogen-bond acceptors (Lipinski definition) is 6. The van der Waals surface area contributed by atoms with Gasteiger partial charge in [-0.15, -0.1) is 0 Å². The van der Waals surface area contributed by atoms with Crippen LogP contribution in [0.25, 0.3) is 0 Å². The molecule has 1 rings (SSSR count). The molecule has 1 aromatic rings. The van der Waals surface area contributed by atoms with Gasteiger partial charge in [-0.25, -0.2) is 10.2 Å². The zero-order valence-electron chi connectivity index (χ0n) is 15.1. The highest BCUT2D eigenvalue weighted by atomic mass is 16.5. The minimum Gasteiger partial charge on any atom is -0.466 e. The molecular weight excluding hydrogens is 324 g/mol. The predicted octanol–water partition coefficient (Wildman–Crippen LogP) is 1.83. The van der Waals surface area contributed by atoms with E-state index in [2.05, 4.69) is 10.9 Å². The normalized spacial score (nSPS) is 13.0. The van der Waals surface area contributed by atoms with E-state index in [-0.39, 0.29) is 25.6 Å². The van der Waals surface area contributed by atoms with Gasteiger partial charge >= 0.3 is 11.9 Å². The van der Waals surface area contributed by atoms with Crippen molar-refractivity contribution >= 4 is 17.8 Å². The highest BCUT2D eigenvalue weighted by molar-refractivity contribution is 5.94. The maximum atomic E-state index is 12.6. The maximum Gasteiger partial charge on any atom is 0.328 e. The first-order chi connectivity index (χ1) is 11.9. The summed E-state index contributed by atoms with van der Waals surface area (Å²) in [5.74, 6) is -1.93. The molecule has 7 heteroatoms. The van der Waals surface area contributed by atoms with E-state index in [9.17, 15) is 14.4 Å². The number of hydrazine groups is 1. The molecular formula is C18H26N2O5. The molecule has 0 aliphatic carbocycles. The number of rotatable bonds is 9. The van der Waals surface area contributed by atoms with Crippen LogP contribution in [0.5, 0.6) is 0 Å². The minimum absolute atomic E-state index is 0.157. The van der Waals surface area contributed by atoms with Crippen molar-refractivity contribution in [1.82, 2.24) is 10.9 Å². The van der Waals surface area contributed by atoms with Crippen molar-refractivity contribution in [2.45, 2.75) is 39.7 Å². The molecule has 7 nitrogen and oxygen atoms in total.